The molecular formula is C20H21FN2O2S. The van der Waals surface area contributed by atoms with Gasteiger partial charge in [0.05, 0.1) is 11.4 Å². The molecule has 3 rings (SSSR count). The first kappa shape index (κ1) is 18.5. The van der Waals surface area contributed by atoms with Crippen LogP contribution < -0.4 is 5.32 Å². The molecule has 4 nitrogen and oxygen atoms in total. The number of carbonyl (C=O) groups is 1. The largest absolute Gasteiger partial charge is 0.385 e. The molecule has 1 aromatic heterocycles. The number of aromatic nitrogens is 1. The molecule has 0 unspecified atom stereocenters. The minimum absolute atomic E-state index is 0.0544. The average Bonchev–Trinajstić information content (AvgIpc) is 2.98. The van der Waals surface area contributed by atoms with Crippen LogP contribution in [0.1, 0.15) is 12.0 Å². The lowest BCUT2D eigenvalue weighted by atomic mass is 10.1. The average molecular weight is 372 g/mol. The summed E-state index contributed by atoms with van der Waals surface area (Å²) in [5.41, 5.74) is 1.83. The third-order valence-electron chi connectivity index (χ3n) is 4.01. The second kappa shape index (κ2) is 8.87. The van der Waals surface area contributed by atoms with Crippen LogP contribution in [0.15, 0.2) is 58.5 Å². The molecule has 0 saturated heterocycles. The van der Waals surface area contributed by atoms with Crippen molar-refractivity contribution in [3.63, 3.8) is 0 Å². The van der Waals surface area contributed by atoms with E-state index in [4.69, 9.17) is 4.74 Å². The molecule has 0 radical (unpaired) electrons. The van der Waals surface area contributed by atoms with Crippen molar-refractivity contribution in [2.45, 2.75) is 22.8 Å². The maximum absolute atomic E-state index is 14.0. The number of nitrogens with one attached hydrogen (secondary N) is 2. The van der Waals surface area contributed by atoms with Crippen LogP contribution in [0.2, 0.25) is 0 Å². The molecule has 136 valence electrons. The van der Waals surface area contributed by atoms with Crippen molar-refractivity contribution in [3.05, 3.63) is 59.9 Å². The van der Waals surface area contributed by atoms with Crippen LogP contribution in [0, 0.1) is 5.82 Å². The maximum atomic E-state index is 14.0. The van der Waals surface area contributed by atoms with E-state index < -0.39 is 0 Å². The van der Waals surface area contributed by atoms with Crippen molar-refractivity contribution in [3.8, 4) is 0 Å². The van der Waals surface area contributed by atoms with Crippen molar-refractivity contribution in [1.82, 2.24) is 10.3 Å². The van der Waals surface area contributed by atoms with Crippen molar-refractivity contribution in [2.75, 3.05) is 20.3 Å². The molecule has 1 amide bonds. The van der Waals surface area contributed by atoms with Gasteiger partial charge in [-0.2, -0.15) is 0 Å². The van der Waals surface area contributed by atoms with Gasteiger partial charge in [-0.15, -0.1) is 0 Å². The van der Waals surface area contributed by atoms with E-state index in [1.54, 1.807) is 25.3 Å². The minimum Gasteiger partial charge on any atom is -0.385 e. The number of amides is 1. The molecule has 0 atom stereocenters. The highest BCUT2D eigenvalue weighted by atomic mass is 32.2. The Hall–Kier alpha value is -2.31. The minimum atomic E-state index is -0.272. The van der Waals surface area contributed by atoms with Gasteiger partial charge in [0.25, 0.3) is 0 Å². The van der Waals surface area contributed by atoms with Gasteiger partial charge in [-0.25, -0.2) is 4.39 Å². The Morgan fingerprint density at radius 2 is 1.96 bits per heavy atom. The van der Waals surface area contributed by atoms with Crippen LogP contribution in [0.3, 0.4) is 0 Å². The molecule has 1 heterocycles. The summed E-state index contributed by atoms with van der Waals surface area (Å²) in [6.07, 6.45) is 1.01. The lowest BCUT2D eigenvalue weighted by Gasteiger charge is -2.07. The molecule has 0 saturated carbocycles. The zero-order valence-corrected chi connectivity index (χ0v) is 15.4. The Bertz CT molecular complexity index is 894. The highest BCUT2D eigenvalue weighted by Crippen LogP contribution is 2.35. The zero-order chi connectivity index (χ0) is 18.4. The van der Waals surface area contributed by atoms with Gasteiger partial charge >= 0.3 is 0 Å². The lowest BCUT2D eigenvalue weighted by Crippen LogP contribution is -2.26. The lowest BCUT2D eigenvalue weighted by molar-refractivity contribution is -0.120. The smallest absolute Gasteiger partial charge is 0.224 e. The second-order valence-corrected chi connectivity index (χ2v) is 6.94. The van der Waals surface area contributed by atoms with Crippen LogP contribution in [0.5, 0.6) is 0 Å². The van der Waals surface area contributed by atoms with E-state index in [9.17, 15) is 9.18 Å². The van der Waals surface area contributed by atoms with Gasteiger partial charge in [0.2, 0.25) is 5.91 Å². The first-order valence-corrected chi connectivity index (χ1v) is 9.28. The quantitative estimate of drug-likeness (QED) is 0.584. The molecule has 26 heavy (non-hydrogen) atoms. The molecule has 0 aliphatic carbocycles. The highest BCUT2D eigenvalue weighted by Gasteiger charge is 2.16. The molecule has 2 N–H and O–H groups in total. The molecule has 3 aromatic rings. The molecule has 0 spiro atoms. The van der Waals surface area contributed by atoms with Gasteiger partial charge in [0, 0.05) is 41.6 Å². The monoisotopic (exact) mass is 372 g/mol. The van der Waals surface area contributed by atoms with E-state index >= 15 is 0 Å². The number of methoxy groups -OCH3 is 1. The van der Waals surface area contributed by atoms with Crippen LogP contribution in [-0.4, -0.2) is 31.2 Å². The number of H-pyrrole nitrogens is 1. The van der Waals surface area contributed by atoms with E-state index in [2.05, 4.69) is 10.3 Å². The molecule has 0 aliphatic rings. The number of carbonyl (C=O) groups excluding carboxylic acids is 1. The number of hydrogen-bond acceptors (Lipinski definition) is 3. The van der Waals surface area contributed by atoms with E-state index in [0.29, 0.717) is 18.0 Å². The van der Waals surface area contributed by atoms with Crippen molar-refractivity contribution < 1.29 is 13.9 Å². The van der Waals surface area contributed by atoms with E-state index in [-0.39, 0.29) is 18.1 Å². The number of fused-ring (bicyclic) bond motifs is 1. The number of benzene rings is 2. The normalized spacial score (nSPS) is 11.0. The predicted molar refractivity (Wildman–Crippen MR) is 102 cm³/mol. The topological polar surface area (TPSA) is 54.1 Å². The fourth-order valence-electron chi connectivity index (χ4n) is 2.74. The Labute approximate surface area is 156 Å². The predicted octanol–water partition coefficient (Wildman–Crippen LogP) is 4.15. The summed E-state index contributed by atoms with van der Waals surface area (Å²) in [5, 5.41) is 4.69. The third kappa shape index (κ3) is 4.45. The van der Waals surface area contributed by atoms with Crippen LogP contribution >= 0.6 is 11.8 Å². The summed E-state index contributed by atoms with van der Waals surface area (Å²) in [4.78, 5) is 16.2. The molecule has 0 fully saturated rings. The van der Waals surface area contributed by atoms with E-state index in [0.717, 1.165) is 27.9 Å². The van der Waals surface area contributed by atoms with Gasteiger partial charge in [-0.3, -0.25) is 4.79 Å². The van der Waals surface area contributed by atoms with Crippen LogP contribution in [0.4, 0.5) is 4.39 Å². The number of ether oxygens (including phenoxy) is 1. The van der Waals surface area contributed by atoms with E-state index in [1.165, 1.54) is 17.8 Å². The van der Waals surface area contributed by atoms with Gasteiger partial charge in [0.1, 0.15) is 5.82 Å². The van der Waals surface area contributed by atoms with Crippen LogP contribution in [-0.2, 0) is 16.0 Å². The summed E-state index contributed by atoms with van der Waals surface area (Å²) < 4.78 is 19.0. The van der Waals surface area contributed by atoms with Crippen molar-refractivity contribution in [2.24, 2.45) is 0 Å². The van der Waals surface area contributed by atoms with Crippen LogP contribution in [0.25, 0.3) is 10.9 Å². The molecular weight excluding hydrogens is 351 g/mol. The van der Waals surface area contributed by atoms with Gasteiger partial charge < -0.3 is 15.0 Å². The Kier molecular flexibility index (Phi) is 6.30. The number of halogens is 1. The van der Waals surface area contributed by atoms with Crippen molar-refractivity contribution in [1.29, 1.82) is 0 Å². The Morgan fingerprint density at radius 3 is 2.77 bits per heavy atom. The summed E-state index contributed by atoms with van der Waals surface area (Å²) in [6.45, 7) is 1.19. The van der Waals surface area contributed by atoms with Crippen molar-refractivity contribution >= 4 is 28.6 Å². The van der Waals surface area contributed by atoms with Gasteiger partial charge in [-0.05, 0) is 24.6 Å². The fourth-order valence-corrected chi connectivity index (χ4v) is 3.74. The summed E-state index contributed by atoms with van der Waals surface area (Å²) in [7, 11) is 1.64. The second-order valence-electron chi connectivity index (χ2n) is 5.88. The molecule has 2 aromatic carbocycles. The zero-order valence-electron chi connectivity index (χ0n) is 14.5. The number of aromatic amines is 1. The number of para-hydroxylation sites is 1. The summed E-state index contributed by atoms with van der Waals surface area (Å²) in [6, 6.07) is 14.5. The summed E-state index contributed by atoms with van der Waals surface area (Å²) in [5.74, 6) is -0.327. The number of hydrogen-bond donors (Lipinski definition) is 2. The number of rotatable bonds is 8. The SMILES string of the molecule is COCCCNC(=O)Cc1c(Sc2ccccc2F)[nH]c2ccccc12. The Balaban J connectivity index is 1.83. The van der Waals surface area contributed by atoms with E-state index in [1.807, 2.05) is 24.3 Å². The highest BCUT2D eigenvalue weighted by molar-refractivity contribution is 7.99. The third-order valence-corrected chi connectivity index (χ3v) is 5.11. The van der Waals surface area contributed by atoms with Gasteiger partial charge in [-0.1, -0.05) is 42.1 Å². The van der Waals surface area contributed by atoms with Gasteiger partial charge in [0.15, 0.2) is 0 Å². The Morgan fingerprint density at radius 1 is 1.19 bits per heavy atom. The standard InChI is InChI=1S/C20H21FN2O2S/c1-25-12-6-11-22-19(24)13-15-14-7-2-4-9-17(14)23-20(15)26-18-10-5-3-8-16(18)21/h2-5,7-10,23H,6,11-13H2,1H3,(H,22,24). The molecule has 0 bridgehead atoms. The molecule has 0 aliphatic heterocycles. The summed E-state index contributed by atoms with van der Waals surface area (Å²) >= 11 is 1.31. The maximum Gasteiger partial charge on any atom is 0.224 e. The first-order valence-electron chi connectivity index (χ1n) is 8.46. The fraction of sp³-hybridized carbons (Fsp3) is 0.250. The molecule has 6 heteroatoms. The first-order chi connectivity index (χ1) is 12.7.